The van der Waals surface area contributed by atoms with Crippen LogP contribution in [0.4, 0.5) is 0 Å². The van der Waals surface area contributed by atoms with Gasteiger partial charge < -0.3 is 14.9 Å². The molecule has 1 aromatic rings. The second-order valence-corrected chi connectivity index (χ2v) is 3.66. The van der Waals surface area contributed by atoms with Gasteiger partial charge in [-0.3, -0.25) is 0 Å². The van der Waals surface area contributed by atoms with Crippen LogP contribution in [0.25, 0.3) is 0 Å². The fourth-order valence-electron chi connectivity index (χ4n) is 1.07. The molecule has 0 heterocycles. The van der Waals surface area contributed by atoms with E-state index in [1.165, 1.54) is 6.07 Å². The molecule has 1 aromatic carbocycles. The average Bonchev–Trinajstić information content (AvgIpc) is 2.15. The number of carbonyl (C=O) groups is 1. The van der Waals surface area contributed by atoms with Crippen LogP contribution >= 0.6 is 0 Å². The number of aromatic carboxylic acids is 1. The van der Waals surface area contributed by atoms with Crippen molar-refractivity contribution in [2.75, 3.05) is 6.61 Å². The Morgan fingerprint density at radius 1 is 1.47 bits per heavy atom. The Kier molecular flexibility index (Phi) is 3.55. The molecule has 0 aliphatic carbocycles. The summed E-state index contributed by atoms with van der Waals surface area (Å²) in [6.45, 7) is 4.38. The smallest absolute Gasteiger partial charge is 0.339 e. The van der Waals surface area contributed by atoms with Gasteiger partial charge in [-0.25, -0.2) is 4.79 Å². The maximum absolute atomic E-state index is 10.7. The molecule has 82 valence electrons. The highest BCUT2D eigenvalue weighted by molar-refractivity contribution is 5.91. The maximum atomic E-state index is 10.7. The van der Waals surface area contributed by atoms with Crippen molar-refractivity contribution in [2.24, 2.45) is 5.92 Å². The van der Waals surface area contributed by atoms with E-state index in [0.29, 0.717) is 12.5 Å². The first-order valence-electron chi connectivity index (χ1n) is 4.70. The highest BCUT2D eigenvalue weighted by Gasteiger charge is 2.13. The van der Waals surface area contributed by atoms with Crippen molar-refractivity contribution in [3.63, 3.8) is 0 Å². The SMILES string of the molecule is CC(C)COc1cccc(C(=O)O)c1O. The van der Waals surface area contributed by atoms with E-state index in [1.807, 2.05) is 13.8 Å². The van der Waals surface area contributed by atoms with Crippen LogP contribution in [0.1, 0.15) is 24.2 Å². The van der Waals surface area contributed by atoms with Crippen LogP contribution in [-0.4, -0.2) is 22.8 Å². The van der Waals surface area contributed by atoms with E-state index in [2.05, 4.69) is 0 Å². The molecule has 2 N–H and O–H groups in total. The van der Waals surface area contributed by atoms with E-state index in [4.69, 9.17) is 9.84 Å². The first kappa shape index (κ1) is 11.4. The molecular formula is C11H14O4. The van der Waals surface area contributed by atoms with Gasteiger partial charge in [-0.05, 0) is 18.1 Å². The summed E-state index contributed by atoms with van der Waals surface area (Å²) in [6.07, 6.45) is 0. The molecule has 0 amide bonds. The predicted octanol–water partition coefficient (Wildman–Crippen LogP) is 2.13. The summed E-state index contributed by atoms with van der Waals surface area (Å²) in [5, 5.41) is 18.3. The van der Waals surface area contributed by atoms with Crippen LogP contribution in [-0.2, 0) is 0 Å². The predicted molar refractivity (Wildman–Crippen MR) is 55.4 cm³/mol. The Bertz CT molecular complexity index is 358. The van der Waals surface area contributed by atoms with E-state index in [1.54, 1.807) is 12.1 Å². The fourth-order valence-corrected chi connectivity index (χ4v) is 1.07. The zero-order chi connectivity index (χ0) is 11.4. The number of carboxylic acids is 1. The number of phenols is 1. The molecule has 0 unspecified atom stereocenters. The largest absolute Gasteiger partial charge is 0.504 e. The van der Waals surface area contributed by atoms with Crippen molar-refractivity contribution in [1.29, 1.82) is 0 Å². The van der Waals surface area contributed by atoms with Crippen molar-refractivity contribution in [3.8, 4) is 11.5 Å². The molecule has 1 rings (SSSR count). The number of para-hydroxylation sites is 1. The number of carboxylic acid groups (broad SMARTS) is 1. The lowest BCUT2D eigenvalue weighted by molar-refractivity contribution is 0.0692. The summed E-state index contributed by atoms with van der Waals surface area (Å²) in [7, 11) is 0. The van der Waals surface area contributed by atoms with Gasteiger partial charge in [-0.15, -0.1) is 0 Å². The minimum Gasteiger partial charge on any atom is -0.504 e. The minimum absolute atomic E-state index is 0.142. The molecule has 0 fully saturated rings. The maximum Gasteiger partial charge on any atom is 0.339 e. The third kappa shape index (κ3) is 2.87. The van der Waals surface area contributed by atoms with Crippen molar-refractivity contribution in [1.82, 2.24) is 0 Å². The van der Waals surface area contributed by atoms with Crippen LogP contribution in [0, 0.1) is 5.92 Å². The molecule has 0 spiro atoms. The highest BCUT2D eigenvalue weighted by atomic mass is 16.5. The molecule has 0 aliphatic rings. The zero-order valence-corrected chi connectivity index (χ0v) is 8.73. The summed E-state index contributed by atoms with van der Waals surface area (Å²) >= 11 is 0. The Morgan fingerprint density at radius 2 is 2.13 bits per heavy atom. The normalized spacial score (nSPS) is 10.3. The molecule has 0 bridgehead atoms. The molecule has 0 radical (unpaired) electrons. The van der Waals surface area contributed by atoms with Gasteiger partial charge in [0, 0.05) is 0 Å². The molecule has 0 saturated carbocycles. The number of ether oxygens (including phenoxy) is 1. The Hall–Kier alpha value is -1.71. The van der Waals surface area contributed by atoms with Gasteiger partial charge in [0.15, 0.2) is 11.5 Å². The first-order valence-corrected chi connectivity index (χ1v) is 4.70. The topological polar surface area (TPSA) is 66.8 Å². The molecular weight excluding hydrogens is 196 g/mol. The quantitative estimate of drug-likeness (QED) is 0.798. The second-order valence-electron chi connectivity index (χ2n) is 3.66. The van der Waals surface area contributed by atoms with Gasteiger partial charge in [-0.1, -0.05) is 19.9 Å². The third-order valence-electron chi connectivity index (χ3n) is 1.80. The van der Waals surface area contributed by atoms with E-state index >= 15 is 0 Å². The van der Waals surface area contributed by atoms with Crippen molar-refractivity contribution in [2.45, 2.75) is 13.8 Å². The second kappa shape index (κ2) is 4.68. The molecule has 4 nitrogen and oxygen atoms in total. The van der Waals surface area contributed by atoms with Crippen LogP contribution in [0.3, 0.4) is 0 Å². The third-order valence-corrected chi connectivity index (χ3v) is 1.80. The monoisotopic (exact) mass is 210 g/mol. The van der Waals surface area contributed by atoms with Crippen molar-refractivity contribution < 1.29 is 19.7 Å². The van der Waals surface area contributed by atoms with Gasteiger partial charge in [0.05, 0.1) is 6.61 Å². The van der Waals surface area contributed by atoms with Gasteiger partial charge in [0.2, 0.25) is 0 Å². The lowest BCUT2D eigenvalue weighted by atomic mass is 10.2. The summed E-state index contributed by atoms with van der Waals surface area (Å²) < 4.78 is 5.28. The Labute approximate surface area is 88.1 Å². The van der Waals surface area contributed by atoms with E-state index in [0.717, 1.165) is 0 Å². The zero-order valence-electron chi connectivity index (χ0n) is 8.73. The summed E-state index contributed by atoms with van der Waals surface area (Å²) in [5.41, 5.74) is -0.142. The van der Waals surface area contributed by atoms with Gasteiger partial charge >= 0.3 is 5.97 Å². The molecule has 0 atom stereocenters. The van der Waals surface area contributed by atoms with Gasteiger partial charge in [-0.2, -0.15) is 0 Å². The molecule has 0 aliphatic heterocycles. The standard InChI is InChI=1S/C11H14O4/c1-7(2)6-15-9-5-3-4-8(10(9)12)11(13)14/h3-5,7,12H,6H2,1-2H3,(H,13,14). The fraction of sp³-hybridized carbons (Fsp3) is 0.364. The van der Waals surface area contributed by atoms with E-state index < -0.39 is 5.97 Å². The summed E-state index contributed by atoms with van der Waals surface area (Å²) in [5.74, 6) is -0.949. The molecule has 15 heavy (non-hydrogen) atoms. The average molecular weight is 210 g/mol. The van der Waals surface area contributed by atoms with Crippen molar-refractivity contribution >= 4 is 5.97 Å². The van der Waals surface area contributed by atoms with Crippen LogP contribution in [0.5, 0.6) is 11.5 Å². The van der Waals surface area contributed by atoms with Crippen LogP contribution in [0.15, 0.2) is 18.2 Å². The number of hydrogen-bond acceptors (Lipinski definition) is 3. The molecule has 0 saturated heterocycles. The van der Waals surface area contributed by atoms with Gasteiger partial charge in [0.1, 0.15) is 5.56 Å². The molecule has 4 heteroatoms. The Morgan fingerprint density at radius 3 is 2.67 bits per heavy atom. The van der Waals surface area contributed by atoms with Crippen LogP contribution in [0.2, 0.25) is 0 Å². The Balaban J connectivity index is 2.89. The molecule has 0 aromatic heterocycles. The lowest BCUT2D eigenvalue weighted by Crippen LogP contribution is -2.06. The summed E-state index contributed by atoms with van der Waals surface area (Å²) in [6, 6.07) is 4.42. The van der Waals surface area contributed by atoms with Gasteiger partial charge in [0.25, 0.3) is 0 Å². The number of aromatic hydroxyl groups is 1. The van der Waals surface area contributed by atoms with Crippen LogP contribution < -0.4 is 4.74 Å². The first-order chi connectivity index (χ1) is 7.02. The van der Waals surface area contributed by atoms with E-state index in [9.17, 15) is 9.90 Å². The number of rotatable bonds is 4. The highest BCUT2D eigenvalue weighted by Crippen LogP contribution is 2.29. The number of hydrogen-bond donors (Lipinski definition) is 2. The lowest BCUT2D eigenvalue weighted by Gasteiger charge is -2.11. The minimum atomic E-state index is -1.16. The summed E-state index contributed by atoms with van der Waals surface area (Å²) in [4.78, 5) is 10.7. The number of benzene rings is 1. The van der Waals surface area contributed by atoms with Crippen molar-refractivity contribution in [3.05, 3.63) is 23.8 Å². The van der Waals surface area contributed by atoms with E-state index in [-0.39, 0.29) is 17.1 Å².